The van der Waals surface area contributed by atoms with Gasteiger partial charge < -0.3 is 13.6 Å². The van der Waals surface area contributed by atoms with Crippen LogP contribution >= 0.6 is 45.9 Å². The predicted molar refractivity (Wildman–Crippen MR) is 82.4 cm³/mol. The monoisotopic (exact) mass is 390 g/mol. The van der Waals surface area contributed by atoms with E-state index in [1.54, 1.807) is 18.2 Å². The molecule has 0 bridgehead atoms. The number of hydrogen-bond acceptors (Lipinski definition) is 4. The van der Waals surface area contributed by atoms with Gasteiger partial charge in [-0.25, -0.2) is 0 Å². The van der Waals surface area contributed by atoms with Crippen LogP contribution in [0.25, 0.3) is 5.76 Å². The van der Waals surface area contributed by atoms with E-state index in [0.29, 0.717) is 16.3 Å². The normalized spacial score (nSPS) is 12.6. The Morgan fingerprint density at radius 3 is 2.50 bits per heavy atom. The SMILES string of the molecule is COP(=S)(OC)OC(=CCl)c1cccc(Br)c1Cl. The quantitative estimate of drug-likeness (QED) is 0.511. The lowest BCUT2D eigenvalue weighted by Gasteiger charge is -2.20. The molecule has 0 aliphatic carbocycles. The predicted octanol–water partition coefficient (Wildman–Crippen LogP) is 5.17. The molecule has 0 aliphatic heterocycles. The molecule has 0 radical (unpaired) electrons. The second-order valence-electron chi connectivity index (χ2n) is 2.98. The summed E-state index contributed by atoms with van der Waals surface area (Å²) in [5.41, 5.74) is 1.84. The highest BCUT2D eigenvalue weighted by atomic mass is 79.9. The summed E-state index contributed by atoms with van der Waals surface area (Å²) in [7, 11) is 2.83. The maximum absolute atomic E-state index is 6.15. The first-order valence-corrected chi connectivity index (χ1v) is 8.79. The molecule has 0 aliphatic rings. The molecule has 8 heteroatoms. The maximum atomic E-state index is 6.15. The van der Waals surface area contributed by atoms with Crippen molar-refractivity contribution in [3.63, 3.8) is 0 Å². The van der Waals surface area contributed by atoms with Crippen molar-refractivity contribution in [3.05, 3.63) is 38.8 Å². The molecule has 100 valence electrons. The van der Waals surface area contributed by atoms with Crippen LogP contribution in [-0.2, 0) is 25.4 Å². The molecule has 1 rings (SSSR count). The van der Waals surface area contributed by atoms with Crippen molar-refractivity contribution in [2.75, 3.05) is 14.2 Å². The lowest BCUT2D eigenvalue weighted by Crippen LogP contribution is -1.96. The molecule has 1 aromatic carbocycles. The zero-order chi connectivity index (χ0) is 13.8. The van der Waals surface area contributed by atoms with Crippen molar-refractivity contribution in [2.45, 2.75) is 0 Å². The Morgan fingerprint density at radius 2 is 2.00 bits per heavy atom. The zero-order valence-electron chi connectivity index (χ0n) is 9.52. The Bertz CT molecular complexity index is 502. The van der Waals surface area contributed by atoms with Crippen LogP contribution in [0.15, 0.2) is 28.2 Å². The van der Waals surface area contributed by atoms with Crippen LogP contribution in [0.3, 0.4) is 0 Å². The fourth-order valence-corrected chi connectivity index (χ4v) is 2.83. The van der Waals surface area contributed by atoms with Crippen LogP contribution in [0, 0.1) is 0 Å². The fraction of sp³-hybridized carbons (Fsp3) is 0.200. The third kappa shape index (κ3) is 3.94. The molecular formula is C10H10BrCl2O3PS. The first-order chi connectivity index (χ1) is 8.47. The Kier molecular flexibility index (Phi) is 6.62. The van der Waals surface area contributed by atoms with Gasteiger partial charge in [-0.05, 0) is 28.1 Å². The third-order valence-electron chi connectivity index (χ3n) is 1.97. The van der Waals surface area contributed by atoms with E-state index >= 15 is 0 Å². The average Bonchev–Trinajstić information content (AvgIpc) is 2.39. The zero-order valence-corrected chi connectivity index (χ0v) is 14.3. The summed E-state index contributed by atoms with van der Waals surface area (Å²) in [6.45, 7) is -2.85. The molecule has 0 saturated heterocycles. The maximum Gasteiger partial charge on any atom is 0.380 e. The Labute approximate surface area is 129 Å². The summed E-state index contributed by atoms with van der Waals surface area (Å²) in [6.07, 6.45) is 0. The number of rotatable bonds is 5. The number of hydrogen-bond donors (Lipinski definition) is 0. The van der Waals surface area contributed by atoms with E-state index in [2.05, 4.69) is 15.9 Å². The standard InChI is InChI=1S/C10H10BrCl2O3PS/c1-14-17(18,15-2)16-9(6-12)7-4-3-5-8(11)10(7)13/h3-6H,1-2H3. The molecule has 0 spiro atoms. The summed E-state index contributed by atoms with van der Waals surface area (Å²) in [4.78, 5) is 0. The molecule has 3 nitrogen and oxygen atoms in total. The molecule has 0 amide bonds. The van der Waals surface area contributed by atoms with Crippen LogP contribution in [0.4, 0.5) is 0 Å². The van der Waals surface area contributed by atoms with E-state index in [0.717, 1.165) is 4.47 Å². The molecule has 0 fully saturated rings. The number of halogens is 3. The van der Waals surface area contributed by atoms with Crippen molar-refractivity contribution in [1.29, 1.82) is 0 Å². The van der Waals surface area contributed by atoms with Gasteiger partial charge in [0.05, 0.1) is 5.02 Å². The fourth-order valence-electron chi connectivity index (χ4n) is 1.09. The Hall–Kier alpha value is 0.390. The summed E-state index contributed by atoms with van der Waals surface area (Å²) >= 11 is 20.3. The highest BCUT2D eigenvalue weighted by Gasteiger charge is 2.22. The van der Waals surface area contributed by atoms with E-state index < -0.39 is 6.72 Å². The average molecular weight is 392 g/mol. The lowest BCUT2D eigenvalue weighted by atomic mass is 10.2. The Morgan fingerprint density at radius 1 is 1.39 bits per heavy atom. The van der Waals surface area contributed by atoms with Gasteiger partial charge in [0, 0.05) is 41.6 Å². The van der Waals surface area contributed by atoms with Gasteiger partial charge in [0.2, 0.25) is 0 Å². The van der Waals surface area contributed by atoms with Crippen molar-refractivity contribution in [1.82, 2.24) is 0 Å². The molecule has 0 saturated carbocycles. The van der Waals surface area contributed by atoms with Crippen molar-refractivity contribution < 1.29 is 13.6 Å². The van der Waals surface area contributed by atoms with Gasteiger partial charge >= 0.3 is 6.72 Å². The van der Waals surface area contributed by atoms with Crippen molar-refractivity contribution in [2.24, 2.45) is 0 Å². The van der Waals surface area contributed by atoms with Gasteiger partial charge in [-0.2, -0.15) is 0 Å². The summed E-state index contributed by atoms with van der Waals surface area (Å²) in [5, 5.41) is 0.471. The van der Waals surface area contributed by atoms with Crippen molar-refractivity contribution in [3.8, 4) is 0 Å². The molecule has 1 aromatic rings. The van der Waals surface area contributed by atoms with Gasteiger partial charge in [0.15, 0.2) is 0 Å². The molecule has 0 atom stereocenters. The number of benzene rings is 1. The minimum absolute atomic E-state index is 0.301. The van der Waals surface area contributed by atoms with Gasteiger partial charge in [0.25, 0.3) is 0 Å². The Balaban J connectivity index is 3.13. The highest BCUT2D eigenvalue weighted by molar-refractivity contribution is 9.10. The summed E-state index contributed by atoms with van der Waals surface area (Å²) < 4.78 is 16.3. The van der Waals surface area contributed by atoms with Crippen LogP contribution in [0.2, 0.25) is 5.02 Å². The van der Waals surface area contributed by atoms with Crippen LogP contribution < -0.4 is 0 Å². The van der Waals surface area contributed by atoms with Crippen LogP contribution in [0.1, 0.15) is 5.56 Å². The van der Waals surface area contributed by atoms with E-state index in [-0.39, 0.29) is 0 Å². The van der Waals surface area contributed by atoms with E-state index in [4.69, 9.17) is 48.6 Å². The first-order valence-electron chi connectivity index (χ1n) is 4.63. The molecule has 0 aromatic heterocycles. The smallest absolute Gasteiger partial charge is 0.380 e. The van der Waals surface area contributed by atoms with E-state index in [1.165, 1.54) is 19.8 Å². The molecular weight excluding hydrogens is 382 g/mol. The molecule has 18 heavy (non-hydrogen) atoms. The second-order valence-corrected chi connectivity index (χ2v) is 7.58. The van der Waals surface area contributed by atoms with Gasteiger partial charge in [-0.15, -0.1) is 0 Å². The first kappa shape index (κ1) is 16.4. The lowest BCUT2D eigenvalue weighted by molar-refractivity contribution is 0.262. The van der Waals surface area contributed by atoms with E-state index in [9.17, 15) is 0 Å². The summed E-state index contributed by atoms with van der Waals surface area (Å²) in [5.74, 6) is 0.301. The van der Waals surface area contributed by atoms with E-state index in [1.807, 2.05) is 0 Å². The van der Waals surface area contributed by atoms with Gasteiger partial charge in [-0.3, -0.25) is 0 Å². The second kappa shape index (κ2) is 7.25. The summed E-state index contributed by atoms with van der Waals surface area (Å²) in [6, 6.07) is 5.37. The molecule has 0 heterocycles. The largest absolute Gasteiger partial charge is 0.422 e. The van der Waals surface area contributed by atoms with Crippen molar-refractivity contribution >= 4 is 63.4 Å². The topological polar surface area (TPSA) is 27.7 Å². The van der Waals surface area contributed by atoms with Crippen LogP contribution in [-0.4, -0.2) is 14.2 Å². The van der Waals surface area contributed by atoms with Crippen LogP contribution in [0.5, 0.6) is 0 Å². The van der Waals surface area contributed by atoms with Gasteiger partial charge in [0.1, 0.15) is 5.76 Å². The minimum atomic E-state index is -2.85. The molecule has 0 N–H and O–H groups in total. The highest BCUT2D eigenvalue weighted by Crippen LogP contribution is 2.52. The third-order valence-corrected chi connectivity index (χ3v) is 5.90. The van der Waals surface area contributed by atoms with Gasteiger partial charge in [-0.1, -0.05) is 29.3 Å². The minimum Gasteiger partial charge on any atom is -0.422 e. The molecule has 0 unspecified atom stereocenters.